The van der Waals surface area contributed by atoms with Gasteiger partial charge in [0.2, 0.25) is 5.52 Å². The average Bonchev–Trinajstić information content (AvgIpc) is 3.26. The number of fused-ring (bicyclic) bond motifs is 1. The second-order valence-corrected chi connectivity index (χ2v) is 9.13. The Kier molecular flexibility index (Phi) is 6.64. The molecule has 0 radical (unpaired) electrons. The van der Waals surface area contributed by atoms with Crippen molar-refractivity contribution in [3.8, 4) is 0 Å². The van der Waals surface area contributed by atoms with Gasteiger partial charge in [0, 0.05) is 23.4 Å². The molecule has 0 unspecified atom stereocenters. The molecule has 1 aliphatic rings. The molecule has 1 saturated carbocycles. The first kappa shape index (κ1) is 19.4. The van der Waals surface area contributed by atoms with Crippen LogP contribution in [0.15, 0.2) is 53.4 Å². The number of anilines is 2. The summed E-state index contributed by atoms with van der Waals surface area (Å²) in [6, 6.07) is 13.3. The van der Waals surface area contributed by atoms with Crippen LogP contribution in [0, 0.1) is 5.92 Å². The molecule has 0 aliphatic heterocycles. The van der Waals surface area contributed by atoms with Crippen LogP contribution in [0.3, 0.4) is 0 Å². The molecule has 2 heterocycles. The Bertz CT molecular complexity index is 865. The first-order chi connectivity index (χ1) is 13.8. The van der Waals surface area contributed by atoms with Gasteiger partial charge < -0.3 is 4.90 Å². The van der Waals surface area contributed by atoms with Crippen molar-refractivity contribution in [1.29, 1.82) is 0 Å². The molecule has 0 bridgehead atoms. The molecule has 1 aliphatic carbocycles. The lowest BCUT2D eigenvalue weighted by atomic mass is 9.85. The van der Waals surface area contributed by atoms with E-state index in [1.807, 2.05) is 0 Å². The van der Waals surface area contributed by atoms with Gasteiger partial charge in [-0.05, 0) is 35.9 Å². The summed E-state index contributed by atoms with van der Waals surface area (Å²) in [5.41, 5.74) is 3.91. The maximum Gasteiger partial charge on any atom is 0.212 e. The van der Waals surface area contributed by atoms with Gasteiger partial charge in [-0.15, -0.1) is 0 Å². The molecule has 28 heavy (non-hydrogen) atoms. The molecule has 3 heteroatoms. The third kappa shape index (κ3) is 4.75. The summed E-state index contributed by atoms with van der Waals surface area (Å²) < 4.78 is 2.26. The largest absolute Gasteiger partial charge is 0.336 e. The zero-order valence-electron chi connectivity index (χ0n) is 17.1. The summed E-state index contributed by atoms with van der Waals surface area (Å²) in [5.74, 6) is 1.02. The number of benzene rings is 1. The van der Waals surface area contributed by atoms with Crippen molar-refractivity contribution in [2.45, 2.75) is 57.8 Å². The van der Waals surface area contributed by atoms with Gasteiger partial charge in [0.25, 0.3) is 0 Å². The van der Waals surface area contributed by atoms with Crippen molar-refractivity contribution in [1.82, 2.24) is 0 Å². The number of thiophene rings is 1. The van der Waals surface area contributed by atoms with Gasteiger partial charge in [0.1, 0.15) is 12.7 Å². The van der Waals surface area contributed by atoms with E-state index in [2.05, 4.69) is 69.9 Å². The van der Waals surface area contributed by atoms with Crippen molar-refractivity contribution in [3.05, 3.63) is 53.4 Å². The highest BCUT2D eigenvalue weighted by Gasteiger charge is 2.16. The van der Waals surface area contributed by atoms with Crippen molar-refractivity contribution in [3.63, 3.8) is 0 Å². The SMILES string of the molecule is C[n+]1cc(N(CCCCCC2CCCCC2)c2ccsc2)cc2ccccc21. The Labute approximate surface area is 173 Å². The van der Waals surface area contributed by atoms with E-state index in [0.717, 1.165) is 12.5 Å². The average molecular weight is 394 g/mol. The fourth-order valence-electron chi connectivity index (χ4n) is 4.72. The number of rotatable bonds is 8. The molecule has 2 nitrogen and oxygen atoms in total. The van der Waals surface area contributed by atoms with Crippen LogP contribution in [-0.2, 0) is 7.05 Å². The topological polar surface area (TPSA) is 7.12 Å². The van der Waals surface area contributed by atoms with Gasteiger partial charge in [-0.25, -0.2) is 0 Å². The number of aromatic nitrogens is 1. The van der Waals surface area contributed by atoms with E-state index < -0.39 is 0 Å². The third-order valence-electron chi connectivity index (χ3n) is 6.29. The van der Waals surface area contributed by atoms with Crippen LogP contribution in [0.4, 0.5) is 11.4 Å². The summed E-state index contributed by atoms with van der Waals surface area (Å²) in [6.45, 7) is 1.10. The first-order valence-electron chi connectivity index (χ1n) is 11.0. The Morgan fingerprint density at radius 2 is 1.86 bits per heavy atom. The maximum absolute atomic E-state index is 2.50. The number of hydrogen-bond acceptors (Lipinski definition) is 2. The molecule has 0 amide bonds. The standard InChI is InChI=1S/C25H33N2S/c1-26-19-24(18-22-13-7-8-14-25(22)26)27(23-15-17-28-20-23)16-9-3-6-12-21-10-4-2-5-11-21/h7-8,13-15,17-21H,2-6,9-12,16H2,1H3/q+1. The van der Waals surface area contributed by atoms with Crippen molar-refractivity contribution in [2.24, 2.45) is 13.0 Å². The van der Waals surface area contributed by atoms with E-state index in [0.29, 0.717) is 0 Å². The van der Waals surface area contributed by atoms with Gasteiger partial charge in [-0.3, -0.25) is 0 Å². The lowest BCUT2D eigenvalue weighted by Crippen LogP contribution is -2.31. The highest BCUT2D eigenvalue weighted by atomic mass is 32.1. The molecule has 4 rings (SSSR count). The smallest absolute Gasteiger partial charge is 0.212 e. The number of pyridine rings is 1. The fourth-order valence-corrected chi connectivity index (χ4v) is 5.36. The van der Waals surface area contributed by atoms with Gasteiger partial charge in [-0.2, -0.15) is 15.9 Å². The summed E-state index contributed by atoms with van der Waals surface area (Å²) in [5, 5.41) is 5.77. The molecule has 0 saturated heterocycles. The number of hydrogen-bond donors (Lipinski definition) is 0. The number of nitrogens with zero attached hydrogens (tertiary/aromatic N) is 2. The predicted molar refractivity (Wildman–Crippen MR) is 121 cm³/mol. The van der Waals surface area contributed by atoms with Crippen LogP contribution in [0.2, 0.25) is 0 Å². The summed E-state index contributed by atoms with van der Waals surface area (Å²) >= 11 is 1.78. The number of unbranched alkanes of at least 4 members (excludes halogenated alkanes) is 2. The zero-order chi connectivity index (χ0) is 19.2. The van der Waals surface area contributed by atoms with Crippen LogP contribution in [0.1, 0.15) is 57.8 Å². The van der Waals surface area contributed by atoms with Crippen molar-refractivity contribution < 1.29 is 4.57 Å². The van der Waals surface area contributed by atoms with Crippen LogP contribution in [0.5, 0.6) is 0 Å². The van der Waals surface area contributed by atoms with E-state index >= 15 is 0 Å². The lowest BCUT2D eigenvalue weighted by Gasteiger charge is -2.24. The van der Waals surface area contributed by atoms with Gasteiger partial charge in [0.05, 0.1) is 5.69 Å². The van der Waals surface area contributed by atoms with E-state index in [9.17, 15) is 0 Å². The fraction of sp³-hybridized carbons (Fsp3) is 0.480. The second kappa shape index (κ2) is 9.56. The minimum absolute atomic E-state index is 1.02. The van der Waals surface area contributed by atoms with Crippen molar-refractivity contribution in [2.75, 3.05) is 11.4 Å². The Hall–Kier alpha value is -1.87. The van der Waals surface area contributed by atoms with E-state index in [1.54, 1.807) is 11.3 Å². The molecule has 3 aromatic rings. The van der Waals surface area contributed by atoms with Crippen LogP contribution in [-0.4, -0.2) is 6.54 Å². The number of aryl methyl sites for hydroxylation is 1. The van der Waals surface area contributed by atoms with Gasteiger partial charge in [0.15, 0.2) is 6.20 Å². The zero-order valence-corrected chi connectivity index (χ0v) is 18.0. The minimum Gasteiger partial charge on any atom is -0.336 e. The molecule has 1 fully saturated rings. The molecular weight excluding hydrogens is 360 g/mol. The Balaban J connectivity index is 1.41. The highest BCUT2D eigenvalue weighted by Crippen LogP contribution is 2.30. The van der Waals surface area contributed by atoms with Crippen molar-refractivity contribution >= 4 is 33.6 Å². The molecule has 148 valence electrons. The summed E-state index contributed by atoms with van der Waals surface area (Å²) in [6.07, 6.45) is 15.1. The minimum atomic E-state index is 1.02. The molecule has 0 atom stereocenters. The van der Waals surface area contributed by atoms with E-state index in [1.165, 1.54) is 80.1 Å². The number of para-hydroxylation sites is 1. The molecular formula is C25H33N2S+. The van der Waals surface area contributed by atoms with Crippen LogP contribution < -0.4 is 9.47 Å². The Morgan fingerprint density at radius 1 is 1.00 bits per heavy atom. The highest BCUT2D eigenvalue weighted by molar-refractivity contribution is 7.08. The summed E-state index contributed by atoms with van der Waals surface area (Å²) in [7, 11) is 2.15. The molecule has 0 N–H and O–H groups in total. The monoisotopic (exact) mass is 393 g/mol. The maximum atomic E-state index is 2.50. The van der Waals surface area contributed by atoms with Gasteiger partial charge >= 0.3 is 0 Å². The molecule has 2 aromatic heterocycles. The second-order valence-electron chi connectivity index (χ2n) is 8.35. The third-order valence-corrected chi connectivity index (χ3v) is 6.97. The van der Waals surface area contributed by atoms with Gasteiger partial charge in [-0.1, -0.05) is 63.5 Å². The molecule has 1 aromatic carbocycles. The van der Waals surface area contributed by atoms with E-state index in [-0.39, 0.29) is 0 Å². The van der Waals surface area contributed by atoms with Crippen LogP contribution in [0.25, 0.3) is 10.9 Å². The quantitative estimate of drug-likeness (QED) is 0.295. The molecule has 0 spiro atoms. The lowest BCUT2D eigenvalue weighted by molar-refractivity contribution is -0.644. The Morgan fingerprint density at radius 3 is 2.68 bits per heavy atom. The first-order valence-corrected chi connectivity index (χ1v) is 11.9. The predicted octanol–water partition coefficient (Wildman–Crippen LogP) is 7.00. The summed E-state index contributed by atoms with van der Waals surface area (Å²) in [4.78, 5) is 2.50. The van der Waals surface area contributed by atoms with E-state index in [4.69, 9.17) is 0 Å². The normalized spacial score (nSPS) is 15.2. The van der Waals surface area contributed by atoms with Crippen LogP contribution >= 0.6 is 11.3 Å².